The summed E-state index contributed by atoms with van der Waals surface area (Å²) < 4.78 is 5.49. The average Bonchev–Trinajstić information content (AvgIpc) is 2.92. The quantitative estimate of drug-likeness (QED) is 0.341. The molecule has 0 radical (unpaired) electrons. The van der Waals surface area contributed by atoms with E-state index in [-0.39, 0.29) is 24.9 Å². The van der Waals surface area contributed by atoms with Gasteiger partial charge in [0.2, 0.25) is 11.8 Å². The van der Waals surface area contributed by atoms with E-state index in [2.05, 4.69) is 23.8 Å². The fourth-order valence-electron chi connectivity index (χ4n) is 5.02. The molecule has 3 amide bonds. The minimum atomic E-state index is -0.968. The molecule has 2 atom stereocenters. The molecule has 0 aliphatic heterocycles. The Morgan fingerprint density at radius 1 is 1.02 bits per heavy atom. The van der Waals surface area contributed by atoms with E-state index in [1.165, 1.54) is 4.90 Å². The number of ether oxygens (including phenoxy) is 1. The number of amides is 3. The van der Waals surface area contributed by atoms with Crippen molar-refractivity contribution in [3.8, 4) is 0 Å². The summed E-state index contributed by atoms with van der Waals surface area (Å²) in [7, 11) is 0. The van der Waals surface area contributed by atoms with Gasteiger partial charge in [-0.1, -0.05) is 86.5 Å². The Labute approximate surface area is 238 Å². The first-order valence-electron chi connectivity index (χ1n) is 14.1. The highest BCUT2D eigenvalue weighted by atomic mass is 16.6. The van der Waals surface area contributed by atoms with Crippen molar-refractivity contribution >= 4 is 24.0 Å². The SMILES string of the molecule is C=CCN(C(=O)C(Cc1ccccc1)NC(=O)OC(C)(C)C)C(C(=O)NC1CCCCC1)c1cccc(C=C)c1. The van der Waals surface area contributed by atoms with Crippen molar-refractivity contribution in [2.24, 2.45) is 0 Å². The standard InChI is InChI=1S/C33H43N3O4/c1-6-21-36(31(38)28(23-25-15-10-8-11-16-25)35-32(39)40-33(3,4)5)29(26-18-14-17-24(7-2)22-26)30(37)34-27-19-12-9-13-20-27/h6-8,10-11,14-18,22,27-29H,1-2,9,12-13,19-21,23H2,3-5H3,(H,34,37)(H,35,39). The molecule has 3 rings (SSSR count). The summed E-state index contributed by atoms with van der Waals surface area (Å²) in [6.45, 7) is 13.1. The molecule has 214 valence electrons. The topological polar surface area (TPSA) is 87.7 Å². The second-order valence-electron chi connectivity index (χ2n) is 11.3. The van der Waals surface area contributed by atoms with E-state index in [9.17, 15) is 14.4 Å². The molecule has 2 unspecified atom stereocenters. The zero-order valence-corrected chi connectivity index (χ0v) is 24.0. The highest BCUT2D eigenvalue weighted by Gasteiger charge is 2.36. The zero-order valence-electron chi connectivity index (χ0n) is 24.0. The van der Waals surface area contributed by atoms with Gasteiger partial charge in [0.1, 0.15) is 17.7 Å². The Hall–Kier alpha value is -3.87. The number of hydrogen-bond donors (Lipinski definition) is 2. The van der Waals surface area contributed by atoms with Crippen LogP contribution < -0.4 is 10.6 Å². The molecule has 0 bridgehead atoms. The number of carbonyl (C=O) groups is 3. The Bertz CT molecular complexity index is 1170. The summed E-state index contributed by atoms with van der Waals surface area (Å²) in [5.41, 5.74) is 1.63. The van der Waals surface area contributed by atoms with Gasteiger partial charge in [0, 0.05) is 19.0 Å². The van der Waals surface area contributed by atoms with Gasteiger partial charge in [-0.3, -0.25) is 9.59 Å². The summed E-state index contributed by atoms with van der Waals surface area (Å²) in [5, 5.41) is 5.98. The number of hydrogen-bond acceptors (Lipinski definition) is 4. The van der Waals surface area contributed by atoms with Crippen LogP contribution in [0.2, 0.25) is 0 Å². The molecule has 0 heterocycles. The highest BCUT2D eigenvalue weighted by molar-refractivity contribution is 5.92. The first-order valence-corrected chi connectivity index (χ1v) is 14.1. The largest absolute Gasteiger partial charge is 0.444 e. The molecule has 2 aromatic rings. The molecule has 7 nitrogen and oxygen atoms in total. The zero-order chi connectivity index (χ0) is 29.1. The molecule has 2 N–H and O–H groups in total. The van der Waals surface area contributed by atoms with Gasteiger partial charge in [0.15, 0.2) is 0 Å². The fourth-order valence-corrected chi connectivity index (χ4v) is 5.02. The van der Waals surface area contributed by atoms with Gasteiger partial charge >= 0.3 is 6.09 Å². The molecular weight excluding hydrogens is 502 g/mol. The number of rotatable bonds is 11. The molecule has 1 fully saturated rings. The Balaban J connectivity index is 2.00. The van der Waals surface area contributed by atoms with Crippen LogP contribution in [0.15, 0.2) is 73.8 Å². The van der Waals surface area contributed by atoms with Crippen molar-refractivity contribution < 1.29 is 19.1 Å². The lowest BCUT2D eigenvalue weighted by Gasteiger charge is -2.35. The monoisotopic (exact) mass is 545 g/mol. The molecule has 40 heavy (non-hydrogen) atoms. The Morgan fingerprint density at radius 2 is 1.73 bits per heavy atom. The number of alkyl carbamates (subject to hydrolysis) is 1. The van der Waals surface area contributed by atoms with Crippen LogP contribution in [-0.2, 0) is 20.7 Å². The van der Waals surface area contributed by atoms with E-state index in [4.69, 9.17) is 4.74 Å². The van der Waals surface area contributed by atoms with E-state index in [0.717, 1.165) is 43.2 Å². The van der Waals surface area contributed by atoms with Crippen molar-refractivity contribution in [3.63, 3.8) is 0 Å². The van der Waals surface area contributed by atoms with Crippen LogP contribution >= 0.6 is 0 Å². The molecule has 1 aliphatic rings. The minimum absolute atomic E-state index is 0.0621. The van der Waals surface area contributed by atoms with E-state index in [1.54, 1.807) is 32.9 Å². The maximum atomic E-state index is 14.3. The summed E-state index contributed by atoms with van der Waals surface area (Å²) in [6, 6.07) is 15.1. The lowest BCUT2D eigenvalue weighted by Crippen LogP contribution is -2.54. The molecular formula is C33H43N3O4. The van der Waals surface area contributed by atoms with Gasteiger partial charge in [-0.2, -0.15) is 0 Å². The van der Waals surface area contributed by atoms with Gasteiger partial charge in [0.05, 0.1) is 0 Å². The molecule has 0 spiro atoms. The number of nitrogens with one attached hydrogen (secondary N) is 2. The highest BCUT2D eigenvalue weighted by Crippen LogP contribution is 2.26. The van der Waals surface area contributed by atoms with E-state index < -0.39 is 29.7 Å². The van der Waals surface area contributed by atoms with Crippen LogP contribution in [0, 0.1) is 0 Å². The molecule has 7 heteroatoms. The predicted molar refractivity (Wildman–Crippen MR) is 160 cm³/mol. The number of carbonyl (C=O) groups excluding carboxylic acids is 3. The lowest BCUT2D eigenvalue weighted by molar-refractivity contribution is -0.142. The molecule has 0 saturated heterocycles. The number of nitrogens with zero attached hydrogens (tertiary/aromatic N) is 1. The van der Waals surface area contributed by atoms with Crippen molar-refractivity contribution in [3.05, 3.63) is 90.5 Å². The Kier molecular flexibility index (Phi) is 11.1. The minimum Gasteiger partial charge on any atom is -0.444 e. The van der Waals surface area contributed by atoms with Crippen LogP contribution in [0.5, 0.6) is 0 Å². The normalized spacial score (nSPS) is 15.3. The van der Waals surface area contributed by atoms with E-state index in [0.29, 0.717) is 5.56 Å². The molecule has 1 aliphatic carbocycles. The van der Waals surface area contributed by atoms with Crippen molar-refractivity contribution in [2.75, 3.05) is 6.54 Å². The molecule has 0 aromatic heterocycles. The second-order valence-corrected chi connectivity index (χ2v) is 11.3. The van der Waals surface area contributed by atoms with Gasteiger partial charge in [-0.05, 0) is 56.4 Å². The summed E-state index contributed by atoms with van der Waals surface area (Å²) in [6.07, 6.45) is 7.97. The number of benzene rings is 2. The van der Waals surface area contributed by atoms with Crippen LogP contribution in [0.1, 0.15) is 75.6 Å². The average molecular weight is 546 g/mol. The smallest absolute Gasteiger partial charge is 0.408 e. The van der Waals surface area contributed by atoms with Gasteiger partial charge in [-0.25, -0.2) is 4.79 Å². The van der Waals surface area contributed by atoms with Crippen LogP contribution in [-0.4, -0.2) is 47.0 Å². The van der Waals surface area contributed by atoms with Gasteiger partial charge in [0.25, 0.3) is 0 Å². The maximum Gasteiger partial charge on any atom is 0.408 e. The summed E-state index contributed by atoms with van der Waals surface area (Å²) in [4.78, 5) is 42.6. The van der Waals surface area contributed by atoms with Crippen molar-refractivity contribution in [1.82, 2.24) is 15.5 Å². The van der Waals surface area contributed by atoms with Gasteiger partial charge in [-0.15, -0.1) is 6.58 Å². The second kappa shape index (κ2) is 14.5. The molecule has 1 saturated carbocycles. The van der Waals surface area contributed by atoms with Crippen LogP contribution in [0.3, 0.4) is 0 Å². The summed E-state index contributed by atoms with van der Waals surface area (Å²) >= 11 is 0. The fraction of sp³-hybridized carbons (Fsp3) is 0.424. The van der Waals surface area contributed by atoms with E-state index >= 15 is 0 Å². The van der Waals surface area contributed by atoms with Crippen molar-refractivity contribution in [1.29, 1.82) is 0 Å². The van der Waals surface area contributed by atoms with Crippen LogP contribution in [0.4, 0.5) is 4.79 Å². The first kappa shape index (κ1) is 30.7. The third kappa shape index (κ3) is 9.11. The van der Waals surface area contributed by atoms with Crippen molar-refractivity contribution in [2.45, 2.75) is 83.0 Å². The first-order chi connectivity index (χ1) is 19.1. The Morgan fingerprint density at radius 3 is 2.35 bits per heavy atom. The van der Waals surface area contributed by atoms with Gasteiger partial charge < -0.3 is 20.3 Å². The molecule has 2 aromatic carbocycles. The predicted octanol–water partition coefficient (Wildman–Crippen LogP) is 5.97. The lowest BCUT2D eigenvalue weighted by atomic mass is 9.94. The maximum absolute atomic E-state index is 14.3. The summed E-state index contributed by atoms with van der Waals surface area (Å²) in [5.74, 6) is -0.651. The third-order valence-corrected chi connectivity index (χ3v) is 6.85. The van der Waals surface area contributed by atoms with Crippen LogP contribution in [0.25, 0.3) is 6.08 Å². The van der Waals surface area contributed by atoms with E-state index in [1.807, 2.05) is 54.6 Å². The third-order valence-electron chi connectivity index (χ3n) is 6.85.